The van der Waals surface area contributed by atoms with Crippen molar-refractivity contribution in [2.75, 3.05) is 26.9 Å². The maximum absolute atomic E-state index is 11.6. The fourth-order valence-electron chi connectivity index (χ4n) is 1.01. The average molecular weight is 195 g/mol. The molecule has 0 aliphatic rings. The minimum Gasteiger partial charge on any atom is -0.481 e. The molecule has 5 heteroatoms. The average Bonchev–Trinajstić information content (AvgIpc) is 2.15. The summed E-state index contributed by atoms with van der Waals surface area (Å²) in [4.78, 5) is 16.9. The highest BCUT2D eigenvalue weighted by molar-refractivity contribution is 5.94. The van der Waals surface area contributed by atoms with Gasteiger partial charge in [-0.05, 0) is 6.07 Å². The molecule has 0 atom stereocenters. The molecule has 1 amide bonds. The number of rotatable bonds is 2. The van der Waals surface area contributed by atoms with Crippen LogP contribution in [-0.2, 0) is 0 Å². The Hall–Kier alpha value is -1.78. The number of nitrogen functional groups attached to an aromatic ring is 1. The second kappa shape index (κ2) is 3.95. The van der Waals surface area contributed by atoms with Crippen molar-refractivity contribution >= 4 is 11.7 Å². The van der Waals surface area contributed by atoms with Crippen LogP contribution in [0.3, 0.4) is 0 Å². The Morgan fingerprint density at radius 1 is 1.50 bits per heavy atom. The Kier molecular flexibility index (Phi) is 2.91. The van der Waals surface area contributed by atoms with E-state index in [0.717, 1.165) is 0 Å². The Morgan fingerprint density at radius 2 is 2.14 bits per heavy atom. The summed E-state index contributed by atoms with van der Waals surface area (Å²) >= 11 is 0. The lowest BCUT2D eigenvalue weighted by Crippen LogP contribution is -2.22. The normalized spacial score (nSPS) is 9.64. The Balaban J connectivity index is 3.09. The van der Waals surface area contributed by atoms with Gasteiger partial charge < -0.3 is 15.4 Å². The van der Waals surface area contributed by atoms with Crippen molar-refractivity contribution in [1.29, 1.82) is 0 Å². The third-order valence-corrected chi connectivity index (χ3v) is 1.68. The lowest BCUT2D eigenvalue weighted by molar-refractivity contribution is 0.0827. The van der Waals surface area contributed by atoms with E-state index in [0.29, 0.717) is 11.4 Å². The van der Waals surface area contributed by atoms with Crippen molar-refractivity contribution in [3.63, 3.8) is 0 Å². The maximum atomic E-state index is 11.6. The van der Waals surface area contributed by atoms with Crippen LogP contribution in [0.5, 0.6) is 5.88 Å². The standard InChI is InChI=1S/C9H13N3O2/c1-12(2)9(13)6-4-7(10)11-8(5-6)14-3/h4-5H,1-3H3,(H2,10,11). The van der Waals surface area contributed by atoms with Crippen molar-refractivity contribution in [3.05, 3.63) is 17.7 Å². The first-order chi connectivity index (χ1) is 6.54. The summed E-state index contributed by atoms with van der Waals surface area (Å²) in [6.07, 6.45) is 0. The number of amides is 1. The lowest BCUT2D eigenvalue weighted by Gasteiger charge is -2.11. The molecule has 0 aromatic carbocycles. The molecule has 1 heterocycles. The summed E-state index contributed by atoms with van der Waals surface area (Å²) in [5, 5.41) is 0. The van der Waals surface area contributed by atoms with Crippen LogP contribution in [0.4, 0.5) is 5.82 Å². The van der Waals surface area contributed by atoms with Crippen molar-refractivity contribution < 1.29 is 9.53 Å². The molecule has 0 radical (unpaired) electrons. The maximum Gasteiger partial charge on any atom is 0.253 e. The minimum atomic E-state index is -0.127. The Morgan fingerprint density at radius 3 is 2.64 bits per heavy atom. The summed E-state index contributed by atoms with van der Waals surface area (Å²) in [6, 6.07) is 3.07. The van der Waals surface area contributed by atoms with Gasteiger partial charge in [-0.15, -0.1) is 0 Å². The lowest BCUT2D eigenvalue weighted by atomic mass is 10.2. The number of aromatic nitrogens is 1. The quantitative estimate of drug-likeness (QED) is 0.740. The number of nitrogens with two attached hydrogens (primary N) is 1. The number of ether oxygens (including phenoxy) is 1. The SMILES string of the molecule is COc1cc(C(=O)N(C)C)cc(N)n1. The van der Waals surface area contributed by atoms with Gasteiger partial charge in [-0.2, -0.15) is 4.98 Å². The van der Waals surface area contributed by atoms with Gasteiger partial charge in [0.25, 0.3) is 5.91 Å². The van der Waals surface area contributed by atoms with E-state index >= 15 is 0 Å². The van der Waals surface area contributed by atoms with Crippen LogP contribution in [-0.4, -0.2) is 37.0 Å². The molecule has 0 saturated carbocycles. The number of carbonyl (C=O) groups excluding carboxylic acids is 1. The van der Waals surface area contributed by atoms with Crippen LogP contribution in [0.2, 0.25) is 0 Å². The molecule has 0 fully saturated rings. The zero-order valence-electron chi connectivity index (χ0n) is 8.44. The van der Waals surface area contributed by atoms with Crippen molar-refractivity contribution in [2.24, 2.45) is 0 Å². The van der Waals surface area contributed by atoms with Gasteiger partial charge in [-0.25, -0.2) is 0 Å². The molecule has 0 aliphatic carbocycles. The summed E-state index contributed by atoms with van der Waals surface area (Å²) < 4.78 is 4.90. The van der Waals surface area contributed by atoms with Crippen molar-refractivity contribution in [2.45, 2.75) is 0 Å². The molecular formula is C9H13N3O2. The van der Waals surface area contributed by atoms with E-state index in [4.69, 9.17) is 10.5 Å². The molecule has 5 nitrogen and oxygen atoms in total. The molecule has 1 rings (SSSR count). The van der Waals surface area contributed by atoms with E-state index in [1.807, 2.05) is 0 Å². The molecule has 0 bridgehead atoms. The van der Waals surface area contributed by atoms with Gasteiger partial charge in [0, 0.05) is 25.7 Å². The number of carbonyl (C=O) groups is 1. The zero-order valence-corrected chi connectivity index (χ0v) is 8.44. The largest absolute Gasteiger partial charge is 0.481 e. The van der Waals surface area contributed by atoms with E-state index < -0.39 is 0 Å². The topological polar surface area (TPSA) is 68.5 Å². The van der Waals surface area contributed by atoms with E-state index in [1.165, 1.54) is 18.1 Å². The summed E-state index contributed by atoms with van der Waals surface area (Å²) in [5.74, 6) is 0.488. The molecule has 0 aliphatic heterocycles. The number of anilines is 1. The van der Waals surface area contributed by atoms with Crippen LogP contribution in [0.1, 0.15) is 10.4 Å². The first kappa shape index (κ1) is 10.3. The molecule has 76 valence electrons. The fraction of sp³-hybridized carbons (Fsp3) is 0.333. The molecule has 1 aromatic rings. The molecule has 14 heavy (non-hydrogen) atoms. The van der Waals surface area contributed by atoms with Gasteiger partial charge in [0.1, 0.15) is 5.82 Å². The highest BCUT2D eigenvalue weighted by Gasteiger charge is 2.10. The van der Waals surface area contributed by atoms with Crippen molar-refractivity contribution in [1.82, 2.24) is 9.88 Å². The molecule has 0 spiro atoms. The first-order valence-corrected chi connectivity index (χ1v) is 4.08. The molecule has 2 N–H and O–H groups in total. The van der Waals surface area contributed by atoms with Gasteiger partial charge in [0.2, 0.25) is 5.88 Å². The molecular weight excluding hydrogens is 182 g/mol. The van der Waals surface area contributed by atoms with E-state index in [9.17, 15) is 4.79 Å². The predicted octanol–water partition coefficient (Wildman–Crippen LogP) is 0.374. The van der Waals surface area contributed by atoms with Gasteiger partial charge >= 0.3 is 0 Å². The number of hydrogen-bond donors (Lipinski definition) is 1. The fourth-order valence-corrected chi connectivity index (χ4v) is 1.01. The van der Waals surface area contributed by atoms with Gasteiger partial charge in [0.05, 0.1) is 7.11 Å². The summed E-state index contributed by atoms with van der Waals surface area (Å²) in [6.45, 7) is 0. The molecule has 0 saturated heterocycles. The van der Waals surface area contributed by atoms with E-state index in [2.05, 4.69) is 4.98 Å². The van der Waals surface area contributed by atoms with Gasteiger partial charge in [0.15, 0.2) is 0 Å². The molecule has 0 unspecified atom stereocenters. The summed E-state index contributed by atoms with van der Waals surface area (Å²) in [7, 11) is 4.82. The van der Waals surface area contributed by atoms with Crippen molar-refractivity contribution in [3.8, 4) is 5.88 Å². The highest BCUT2D eigenvalue weighted by atomic mass is 16.5. The van der Waals surface area contributed by atoms with Crippen LogP contribution in [0.15, 0.2) is 12.1 Å². The number of nitrogens with zero attached hydrogens (tertiary/aromatic N) is 2. The number of methoxy groups -OCH3 is 1. The van der Waals surface area contributed by atoms with E-state index in [1.54, 1.807) is 20.2 Å². The zero-order chi connectivity index (χ0) is 10.7. The minimum absolute atomic E-state index is 0.127. The predicted molar refractivity (Wildman–Crippen MR) is 53.2 cm³/mol. The van der Waals surface area contributed by atoms with Crippen LogP contribution in [0, 0.1) is 0 Å². The smallest absolute Gasteiger partial charge is 0.253 e. The first-order valence-electron chi connectivity index (χ1n) is 4.08. The van der Waals surface area contributed by atoms with Crippen LogP contribution >= 0.6 is 0 Å². The number of hydrogen-bond acceptors (Lipinski definition) is 4. The molecule has 1 aromatic heterocycles. The monoisotopic (exact) mass is 195 g/mol. The van der Waals surface area contributed by atoms with E-state index in [-0.39, 0.29) is 11.7 Å². The third-order valence-electron chi connectivity index (χ3n) is 1.68. The summed E-state index contributed by atoms with van der Waals surface area (Å²) in [5.41, 5.74) is 5.98. The van der Waals surface area contributed by atoms with Gasteiger partial charge in [-0.3, -0.25) is 4.79 Å². The van der Waals surface area contributed by atoms with Gasteiger partial charge in [-0.1, -0.05) is 0 Å². The highest BCUT2D eigenvalue weighted by Crippen LogP contribution is 2.14. The Bertz CT molecular complexity index is 350. The second-order valence-corrected chi connectivity index (χ2v) is 3.02. The Labute approximate surface area is 82.5 Å². The van der Waals surface area contributed by atoms with Crippen LogP contribution < -0.4 is 10.5 Å². The van der Waals surface area contributed by atoms with Crippen LogP contribution in [0.25, 0.3) is 0 Å². The number of pyridine rings is 1. The second-order valence-electron chi connectivity index (χ2n) is 3.02. The third kappa shape index (κ3) is 2.12.